The second-order valence-corrected chi connectivity index (χ2v) is 8.31. The van der Waals surface area contributed by atoms with Crippen molar-refractivity contribution in [2.75, 3.05) is 0 Å². The van der Waals surface area contributed by atoms with Crippen molar-refractivity contribution >= 4 is 11.9 Å². The molecule has 0 saturated heterocycles. The number of rotatable bonds is 7. The van der Waals surface area contributed by atoms with E-state index in [-0.39, 0.29) is 24.4 Å². The molecule has 0 bridgehead atoms. The average molecular weight is 472 g/mol. The van der Waals surface area contributed by atoms with Gasteiger partial charge in [0.1, 0.15) is 19.0 Å². The fraction of sp³-hybridized carbons (Fsp3) is 0.172. The summed E-state index contributed by atoms with van der Waals surface area (Å²) in [7, 11) is 0. The fourth-order valence-corrected chi connectivity index (χ4v) is 4.13. The van der Waals surface area contributed by atoms with E-state index in [4.69, 9.17) is 9.47 Å². The van der Waals surface area contributed by atoms with Gasteiger partial charge in [-0.15, -0.1) is 0 Å². The van der Waals surface area contributed by atoms with Gasteiger partial charge in [-0.2, -0.15) is 0 Å². The average Bonchev–Trinajstić information content (AvgIpc) is 2.87. The van der Waals surface area contributed by atoms with Gasteiger partial charge in [-0.3, -0.25) is 0 Å². The van der Waals surface area contributed by atoms with Gasteiger partial charge in [-0.25, -0.2) is 14.0 Å². The first-order chi connectivity index (χ1) is 16.9. The van der Waals surface area contributed by atoms with Gasteiger partial charge in [-0.05, 0) is 42.7 Å². The van der Waals surface area contributed by atoms with E-state index in [1.807, 2.05) is 60.7 Å². The summed E-state index contributed by atoms with van der Waals surface area (Å²) in [5.41, 5.74) is 3.97. The summed E-state index contributed by atoms with van der Waals surface area (Å²) in [6, 6.07) is 24.4. The highest BCUT2D eigenvalue weighted by molar-refractivity contribution is 5.99. The molecule has 1 aliphatic heterocycles. The molecule has 3 aromatic rings. The summed E-state index contributed by atoms with van der Waals surface area (Å²) in [5, 5.41) is 3.13. The lowest BCUT2D eigenvalue weighted by molar-refractivity contribution is -0.141. The highest BCUT2D eigenvalue weighted by Crippen LogP contribution is 2.39. The zero-order valence-corrected chi connectivity index (χ0v) is 19.6. The van der Waals surface area contributed by atoms with Crippen molar-refractivity contribution < 1.29 is 23.5 Å². The van der Waals surface area contributed by atoms with Crippen LogP contribution in [-0.2, 0) is 32.3 Å². The minimum atomic E-state index is -0.775. The lowest BCUT2D eigenvalue weighted by Crippen LogP contribution is -2.32. The van der Waals surface area contributed by atoms with Gasteiger partial charge in [0, 0.05) is 11.4 Å². The van der Waals surface area contributed by atoms with Crippen molar-refractivity contribution in [2.24, 2.45) is 0 Å². The summed E-state index contributed by atoms with van der Waals surface area (Å²) >= 11 is 0. The predicted molar refractivity (Wildman–Crippen MR) is 130 cm³/mol. The Labute approximate surface area is 203 Å². The molecule has 1 aliphatic rings. The van der Waals surface area contributed by atoms with Crippen LogP contribution in [0.3, 0.4) is 0 Å². The number of ether oxygens (including phenoxy) is 2. The van der Waals surface area contributed by atoms with Crippen LogP contribution in [0.15, 0.2) is 107 Å². The molecule has 0 unspecified atom stereocenters. The van der Waals surface area contributed by atoms with Crippen LogP contribution in [0.4, 0.5) is 4.39 Å². The third-order valence-corrected chi connectivity index (χ3v) is 5.83. The van der Waals surface area contributed by atoms with E-state index < -0.39 is 23.7 Å². The number of halogens is 1. The third kappa shape index (κ3) is 5.66. The molecule has 0 spiro atoms. The van der Waals surface area contributed by atoms with E-state index in [0.717, 1.165) is 11.1 Å². The maximum Gasteiger partial charge on any atom is 0.337 e. The Balaban J connectivity index is 1.65. The maximum absolute atomic E-state index is 13.7. The summed E-state index contributed by atoms with van der Waals surface area (Å²) in [6.07, 6.45) is 0. The first-order valence-corrected chi connectivity index (χ1v) is 11.3. The van der Waals surface area contributed by atoms with Crippen LogP contribution in [0, 0.1) is 5.82 Å². The number of hydrogen-bond donors (Lipinski definition) is 1. The van der Waals surface area contributed by atoms with Crippen LogP contribution in [0.5, 0.6) is 0 Å². The molecule has 0 aromatic heterocycles. The monoisotopic (exact) mass is 471 g/mol. The largest absolute Gasteiger partial charge is 0.457 e. The highest BCUT2D eigenvalue weighted by atomic mass is 19.1. The normalized spacial score (nSPS) is 13.9. The summed E-state index contributed by atoms with van der Waals surface area (Å²) in [5.74, 6) is -2.31. The second-order valence-electron chi connectivity index (χ2n) is 8.31. The highest BCUT2D eigenvalue weighted by Gasteiger charge is 2.38. The Morgan fingerprint density at radius 1 is 0.714 bits per heavy atom. The van der Waals surface area contributed by atoms with Crippen molar-refractivity contribution in [1.29, 1.82) is 0 Å². The number of esters is 2. The fourth-order valence-electron chi connectivity index (χ4n) is 4.13. The lowest BCUT2D eigenvalue weighted by Gasteiger charge is -2.30. The minimum absolute atomic E-state index is 0.0864. The van der Waals surface area contributed by atoms with Gasteiger partial charge in [0.25, 0.3) is 0 Å². The molecule has 5 nitrogen and oxygen atoms in total. The molecule has 3 aromatic carbocycles. The molecule has 35 heavy (non-hydrogen) atoms. The van der Waals surface area contributed by atoms with Crippen molar-refractivity contribution in [3.8, 4) is 0 Å². The number of dihydropyridines is 1. The SMILES string of the molecule is CC1=C(C(=O)OCc2ccccc2)C(c2ccc(F)cc2)C(C(=O)OCc2ccccc2)=C(C)N1. The standard InChI is InChI=1S/C29H26FNO4/c1-19-25(28(32)34-17-21-9-5-3-6-10-21)27(23-13-15-24(30)16-14-23)26(20(2)31-19)29(33)35-18-22-11-7-4-8-12-22/h3-16,27,31H,17-18H2,1-2H3. The summed E-state index contributed by atoms with van der Waals surface area (Å²) in [6.45, 7) is 3.68. The molecule has 0 fully saturated rings. The molecule has 0 amide bonds. The van der Waals surface area contributed by atoms with Crippen LogP contribution in [0.25, 0.3) is 0 Å². The minimum Gasteiger partial charge on any atom is -0.457 e. The van der Waals surface area contributed by atoms with Gasteiger partial charge in [0.2, 0.25) is 0 Å². The van der Waals surface area contributed by atoms with E-state index in [0.29, 0.717) is 17.0 Å². The first-order valence-electron chi connectivity index (χ1n) is 11.3. The van der Waals surface area contributed by atoms with Crippen molar-refractivity contribution in [3.63, 3.8) is 0 Å². The number of benzene rings is 3. The summed E-state index contributed by atoms with van der Waals surface area (Å²) < 4.78 is 25.0. The molecule has 4 rings (SSSR count). The smallest absolute Gasteiger partial charge is 0.337 e. The van der Waals surface area contributed by atoms with E-state index in [1.54, 1.807) is 26.0 Å². The molecule has 1 N–H and O–H groups in total. The second kappa shape index (κ2) is 10.8. The molecule has 0 radical (unpaired) electrons. The Morgan fingerprint density at radius 3 is 1.57 bits per heavy atom. The Hall–Kier alpha value is -4.19. The molecular formula is C29H26FNO4. The predicted octanol–water partition coefficient (Wildman–Crippen LogP) is 5.55. The molecule has 6 heteroatoms. The van der Waals surface area contributed by atoms with E-state index >= 15 is 0 Å². The quantitative estimate of drug-likeness (QED) is 0.458. The third-order valence-electron chi connectivity index (χ3n) is 5.83. The van der Waals surface area contributed by atoms with Gasteiger partial charge < -0.3 is 14.8 Å². The number of carbonyl (C=O) groups is 2. The van der Waals surface area contributed by atoms with Crippen molar-refractivity contribution in [2.45, 2.75) is 33.0 Å². The van der Waals surface area contributed by atoms with Crippen LogP contribution in [0.1, 0.15) is 36.5 Å². The van der Waals surface area contributed by atoms with E-state index in [2.05, 4.69) is 5.32 Å². The summed E-state index contributed by atoms with van der Waals surface area (Å²) in [4.78, 5) is 26.6. The molecule has 0 aliphatic carbocycles. The van der Waals surface area contributed by atoms with Gasteiger partial charge in [0.15, 0.2) is 0 Å². The zero-order valence-electron chi connectivity index (χ0n) is 19.6. The Morgan fingerprint density at radius 2 is 1.14 bits per heavy atom. The number of hydrogen-bond acceptors (Lipinski definition) is 5. The maximum atomic E-state index is 13.7. The van der Waals surface area contributed by atoms with Crippen LogP contribution in [0.2, 0.25) is 0 Å². The number of nitrogens with one attached hydrogen (secondary N) is 1. The van der Waals surface area contributed by atoms with Crippen molar-refractivity contribution in [3.05, 3.63) is 130 Å². The van der Waals surface area contributed by atoms with Crippen LogP contribution in [-0.4, -0.2) is 11.9 Å². The van der Waals surface area contributed by atoms with Gasteiger partial charge >= 0.3 is 11.9 Å². The first kappa shape index (κ1) is 24.0. The molecule has 0 atom stereocenters. The van der Waals surface area contributed by atoms with Crippen molar-refractivity contribution in [1.82, 2.24) is 5.32 Å². The van der Waals surface area contributed by atoms with Gasteiger partial charge in [-0.1, -0.05) is 72.8 Å². The topological polar surface area (TPSA) is 64.6 Å². The zero-order chi connectivity index (χ0) is 24.8. The van der Waals surface area contributed by atoms with E-state index in [9.17, 15) is 14.0 Å². The Bertz CT molecular complexity index is 1190. The number of allylic oxidation sites excluding steroid dienone is 2. The molecule has 0 saturated carbocycles. The molecule has 178 valence electrons. The van der Waals surface area contributed by atoms with E-state index in [1.165, 1.54) is 12.1 Å². The Kier molecular flexibility index (Phi) is 7.41. The van der Waals surface area contributed by atoms with Crippen LogP contribution >= 0.6 is 0 Å². The molecular weight excluding hydrogens is 445 g/mol. The lowest BCUT2D eigenvalue weighted by atomic mass is 9.80. The number of carbonyl (C=O) groups excluding carboxylic acids is 2. The van der Waals surface area contributed by atoms with Gasteiger partial charge in [0.05, 0.1) is 17.1 Å². The van der Waals surface area contributed by atoms with Crippen LogP contribution < -0.4 is 5.32 Å². The molecule has 1 heterocycles.